The summed E-state index contributed by atoms with van der Waals surface area (Å²) in [6, 6.07) is 5.64. The molecular formula is C12H14FNO3S. The molecule has 1 aliphatic rings. The van der Waals surface area contributed by atoms with Crippen LogP contribution < -0.4 is 0 Å². The molecule has 0 bridgehead atoms. The molecule has 98 valence electrons. The zero-order valence-corrected chi connectivity index (χ0v) is 10.6. The molecule has 1 aromatic carbocycles. The van der Waals surface area contributed by atoms with Crippen molar-refractivity contribution >= 4 is 16.1 Å². The number of nitrogens with zero attached hydrogens (tertiary/aromatic N) is 1. The molecule has 0 unspecified atom stereocenters. The second kappa shape index (κ2) is 5.60. The van der Waals surface area contributed by atoms with E-state index in [4.69, 9.17) is 4.74 Å². The molecule has 0 N–H and O–H groups in total. The van der Waals surface area contributed by atoms with E-state index < -0.39 is 10.0 Å². The summed E-state index contributed by atoms with van der Waals surface area (Å²) in [6.45, 7) is 1.58. The second-order valence-corrected chi connectivity index (χ2v) is 5.73. The molecule has 0 radical (unpaired) electrons. The third kappa shape index (κ3) is 3.38. The lowest BCUT2D eigenvalue weighted by Crippen LogP contribution is -2.39. The number of hydrogen-bond acceptors (Lipinski definition) is 3. The molecule has 0 spiro atoms. The Morgan fingerprint density at radius 2 is 1.78 bits per heavy atom. The van der Waals surface area contributed by atoms with Crippen LogP contribution in [0, 0.1) is 5.82 Å². The lowest BCUT2D eigenvalue weighted by atomic mass is 10.2. The van der Waals surface area contributed by atoms with E-state index in [-0.39, 0.29) is 5.82 Å². The summed E-state index contributed by atoms with van der Waals surface area (Å²) >= 11 is 0. The van der Waals surface area contributed by atoms with Gasteiger partial charge in [-0.1, -0.05) is 12.1 Å². The van der Waals surface area contributed by atoms with Gasteiger partial charge >= 0.3 is 0 Å². The van der Waals surface area contributed by atoms with Crippen molar-refractivity contribution in [1.82, 2.24) is 4.31 Å². The molecule has 4 nitrogen and oxygen atoms in total. The Balaban J connectivity index is 2.09. The molecule has 0 aromatic heterocycles. The molecule has 0 aliphatic carbocycles. The van der Waals surface area contributed by atoms with Crippen LogP contribution in [0.15, 0.2) is 29.7 Å². The van der Waals surface area contributed by atoms with Gasteiger partial charge in [0.25, 0.3) is 0 Å². The molecule has 1 heterocycles. The quantitative estimate of drug-likeness (QED) is 0.836. The summed E-state index contributed by atoms with van der Waals surface area (Å²) < 4.78 is 43.0. The summed E-state index contributed by atoms with van der Waals surface area (Å²) in [6.07, 6.45) is 1.46. The van der Waals surface area contributed by atoms with Crippen LogP contribution in [0.4, 0.5) is 4.39 Å². The van der Waals surface area contributed by atoms with Gasteiger partial charge in [-0.2, -0.15) is 4.31 Å². The van der Waals surface area contributed by atoms with Gasteiger partial charge < -0.3 is 4.74 Å². The van der Waals surface area contributed by atoms with Crippen LogP contribution in [0.5, 0.6) is 0 Å². The fourth-order valence-electron chi connectivity index (χ4n) is 1.63. The highest BCUT2D eigenvalue weighted by atomic mass is 32.2. The average molecular weight is 271 g/mol. The number of halogens is 1. The molecule has 1 aliphatic heterocycles. The SMILES string of the molecule is O=S(=O)(/C=C/c1ccc(F)cc1)N1CCOCC1. The van der Waals surface area contributed by atoms with Crippen molar-refractivity contribution < 1.29 is 17.5 Å². The van der Waals surface area contributed by atoms with E-state index in [0.29, 0.717) is 31.9 Å². The molecular weight excluding hydrogens is 257 g/mol. The molecule has 0 saturated carbocycles. The first-order chi connectivity index (χ1) is 8.58. The Morgan fingerprint density at radius 3 is 2.39 bits per heavy atom. The van der Waals surface area contributed by atoms with Crippen LogP contribution in [0.25, 0.3) is 6.08 Å². The fourth-order valence-corrected chi connectivity index (χ4v) is 2.78. The summed E-state index contributed by atoms with van der Waals surface area (Å²) in [7, 11) is -3.41. The van der Waals surface area contributed by atoms with Gasteiger partial charge in [-0.3, -0.25) is 0 Å². The summed E-state index contributed by atoms with van der Waals surface area (Å²) in [5.41, 5.74) is 0.647. The summed E-state index contributed by atoms with van der Waals surface area (Å²) in [5.74, 6) is -0.344. The molecule has 0 atom stereocenters. The van der Waals surface area contributed by atoms with Crippen molar-refractivity contribution in [3.63, 3.8) is 0 Å². The molecule has 6 heteroatoms. The predicted molar refractivity (Wildman–Crippen MR) is 66.7 cm³/mol. The number of ether oxygens (including phenoxy) is 1. The Morgan fingerprint density at radius 1 is 1.17 bits per heavy atom. The van der Waals surface area contributed by atoms with Crippen molar-refractivity contribution in [2.24, 2.45) is 0 Å². The van der Waals surface area contributed by atoms with Crippen molar-refractivity contribution in [2.75, 3.05) is 26.3 Å². The number of benzene rings is 1. The Kier molecular flexibility index (Phi) is 4.11. The van der Waals surface area contributed by atoms with Gasteiger partial charge in [0.2, 0.25) is 10.0 Å². The topological polar surface area (TPSA) is 46.6 Å². The molecule has 1 fully saturated rings. The maximum Gasteiger partial charge on any atom is 0.236 e. The Hall–Kier alpha value is -1.24. The van der Waals surface area contributed by atoms with Crippen LogP contribution in [0.1, 0.15) is 5.56 Å². The van der Waals surface area contributed by atoms with E-state index in [1.54, 1.807) is 0 Å². The van der Waals surface area contributed by atoms with Gasteiger partial charge in [0.05, 0.1) is 13.2 Å². The zero-order chi connectivity index (χ0) is 13.0. The van der Waals surface area contributed by atoms with Gasteiger partial charge in [-0.25, -0.2) is 12.8 Å². The lowest BCUT2D eigenvalue weighted by molar-refractivity contribution is 0.0736. The lowest BCUT2D eigenvalue weighted by Gasteiger charge is -2.24. The largest absolute Gasteiger partial charge is 0.379 e. The highest BCUT2D eigenvalue weighted by Crippen LogP contribution is 2.10. The number of rotatable bonds is 3. The third-order valence-electron chi connectivity index (χ3n) is 2.63. The zero-order valence-electron chi connectivity index (χ0n) is 9.75. The molecule has 0 amide bonds. The predicted octanol–water partition coefficient (Wildman–Crippen LogP) is 1.46. The normalized spacial score (nSPS) is 18.3. The van der Waals surface area contributed by atoms with Crippen LogP contribution in [-0.4, -0.2) is 39.0 Å². The van der Waals surface area contributed by atoms with E-state index in [2.05, 4.69) is 0 Å². The van der Waals surface area contributed by atoms with Crippen molar-refractivity contribution in [3.05, 3.63) is 41.1 Å². The minimum atomic E-state index is -3.41. The first kappa shape index (κ1) is 13.2. The van der Waals surface area contributed by atoms with Gasteiger partial charge in [0, 0.05) is 18.5 Å². The molecule has 2 rings (SSSR count). The van der Waals surface area contributed by atoms with Crippen LogP contribution in [0.3, 0.4) is 0 Å². The summed E-state index contributed by atoms with van der Waals surface area (Å²) in [5, 5.41) is 1.14. The first-order valence-electron chi connectivity index (χ1n) is 5.59. The van der Waals surface area contributed by atoms with Crippen LogP contribution in [-0.2, 0) is 14.8 Å². The van der Waals surface area contributed by atoms with E-state index >= 15 is 0 Å². The third-order valence-corrected chi connectivity index (χ3v) is 4.20. The minimum Gasteiger partial charge on any atom is -0.379 e. The smallest absolute Gasteiger partial charge is 0.236 e. The highest BCUT2D eigenvalue weighted by molar-refractivity contribution is 7.92. The number of hydrogen-bond donors (Lipinski definition) is 0. The monoisotopic (exact) mass is 271 g/mol. The Labute approximate surface area is 106 Å². The van der Waals surface area contributed by atoms with E-state index in [9.17, 15) is 12.8 Å². The van der Waals surface area contributed by atoms with Gasteiger partial charge in [-0.05, 0) is 23.8 Å². The molecule has 18 heavy (non-hydrogen) atoms. The van der Waals surface area contributed by atoms with E-state index in [1.807, 2.05) is 0 Å². The molecule has 1 aromatic rings. The summed E-state index contributed by atoms with van der Waals surface area (Å²) in [4.78, 5) is 0. The standard InChI is InChI=1S/C12H14FNO3S/c13-12-3-1-11(2-4-12)5-10-18(15,16)14-6-8-17-9-7-14/h1-5,10H,6-9H2/b10-5+. The van der Waals surface area contributed by atoms with E-state index in [0.717, 1.165) is 5.41 Å². The maximum atomic E-state index is 12.7. The number of sulfonamides is 1. The van der Waals surface area contributed by atoms with Gasteiger partial charge in [0.1, 0.15) is 5.82 Å². The average Bonchev–Trinajstić information content (AvgIpc) is 2.39. The first-order valence-corrected chi connectivity index (χ1v) is 7.10. The minimum absolute atomic E-state index is 0.344. The van der Waals surface area contributed by atoms with Gasteiger partial charge in [-0.15, -0.1) is 0 Å². The maximum absolute atomic E-state index is 12.7. The van der Waals surface area contributed by atoms with Gasteiger partial charge in [0.15, 0.2) is 0 Å². The molecule has 1 saturated heterocycles. The number of morpholine rings is 1. The fraction of sp³-hybridized carbons (Fsp3) is 0.333. The van der Waals surface area contributed by atoms with E-state index in [1.165, 1.54) is 34.6 Å². The Bertz CT molecular complexity index is 519. The van der Waals surface area contributed by atoms with Crippen molar-refractivity contribution in [3.8, 4) is 0 Å². The second-order valence-electron chi connectivity index (χ2n) is 3.91. The van der Waals surface area contributed by atoms with Crippen molar-refractivity contribution in [1.29, 1.82) is 0 Å². The van der Waals surface area contributed by atoms with Crippen molar-refractivity contribution in [2.45, 2.75) is 0 Å². The highest BCUT2D eigenvalue weighted by Gasteiger charge is 2.21. The van der Waals surface area contributed by atoms with Crippen LogP contribution >= 0.6 is 0 Å². The van der Waals surface area contributed by atoms with Crippen LogP contribution in [0.2, 0.25) is 0 Å².